The van der Waals surface area contributed by atoms with Crippen LogP contribution >= 0.6 is 0 Å². The van der Waals surface area contributed by atoms with E-state index in [-0.39, 0.29) is 6.54 Å². The van der Waals surface area contributed by atoms with Crippen LogP contribution in [0.25, 0.3) is 0 Å². The molecule has 0 aromatic heterocycles. The molecular weight excluding hydrogens is 330 g/mol. The smallest absolute Gasteiger partial charge is 0.313 e. The lowest BCUT2D eigenvalue weighted by molar-refractivity contribution is -0.136. The Labute approximate surface area is 153 Å². The van der Waals surface area contributed by atoms with E-state index in [1.165, 1.54) is 0 Å². The molecule has 0 radical (unpaired) electrons. The number of benzene rings is 2. The van der Waals surface area contributed by atoms with E-state index in [0.717, 1.165) is 16.8 Å². The van der Waals surface area contributed by atoms with E-state index in [0.29, 0.717) is 11.3 Å². The van der Waals surface area contributed by atoms with Crippen LogP contribution < -0.4 is 15.5 Å². The number of carbonyl (C=O) groups is 2. The second kappa shape index (κ2) is 8.49. The van der Waals surface area contributed by atoms with Gasteiger partial charge in [-0.3, -0.25) is 9.59 Å². The molecule has 0 saturated carbocycles. The molecule has 0 saturated heterocycles. The topological polar surface area (TPSA) is 81.7 Å². The lowest BCUT2D eigenvalue weighted by Gasteiger charge is -2.15. The molecule has 0 heterocycles. The quantitative estimate of drug-likeness (QED) is 0.718. The summed E-state index contributed by atoms with van der Waals surface area (Å²) < 4.78 is 0. The van der Waals surface area contributed by atoms with Crippen molar-refractivity contribution in [2.75, 3.05) is 30.9 Å². The van der Waals surface area contributed by atoms with E-state index in [2.05, 4.69) is 10.6 Å². The third-order valence-electron chi connectivity index (χ3n) is 4.22. The molecule has 0 spiro atoms. The van der Waals surface area contributed by atoms with Crippen molar-refractivity contribution in [1.29, 1.82) is 0 Å². The molecule has 0 bridgehead atoms. The summed E-state index contributed by atoms with van der Waals surface area (Å²) in [6.07, 6.45) is -0.885. The minimum absolute atomic E-state index is 0.0412. The number of anilines is 2. The van der Waals surface area contributed by atoms with Crippen molar-refractivity contribution in [3.05, 3.63) is 59.2 Å². The van der Waals surface area contributed by atoms with Gasteiger partial charge in [-0.2, -0.15) is 0 Å². The van der Waals surface area contributed by atoms with E-state index in [1.807, 2.05) is 57.1 Å². The summed E-state index contributed by atoms with van der Waals surface area (Å²) in [6.45, 7) is 3.86. The lowest BCUT2D eigenvalue weighted by atomic mass is 10.1. The summed E-state index contributed by atoms with van der Waals surface area (Å²) in [7, 11) is 3.86. The number of aryl methyl sites for hydroxylation is 2. The van der Waals surface area contributed by atoms with Crippen molar-refractivity contribution in [2.24, 2.45) is 0 Å². The fourth-order valence-electron chi connectivity index (χ4n) is 2.39. The molecule has 6 heteroatoms. The summed E-state index contributed by atoms with van der Waals surface area (Å²) >= 11 is 0. The number of carbonyl (C=O) groups excluding carboxylic acids is 2. The molecule has 0 fully saturated rings. The average Bonchev–Trinajstić information content (AvgIpc) is 2.62. The molecule has 2 aromatic rings. The van der Waals surface area contributed by atoms with Crippen LogP contribution in [0.5, 0.6) is 0 Å². The Kier molecular flexibility index (Phi) is 6.36. The lowest BCUT2D eigenvalue weighted by Crippen LogP contribution is -2.37. The zero-order valence-corrected chi connectivity index (χ0v) is 15.5. The van der Waals surface area contributed by atoms with E-state index in [1.54, 1.807) is 18.2 Å². The molecular formula is C20H25N3O3. The number of amides is 2. The molecule has 1 atom stereocenters. The molecule has 138 valence electrons. The molecule has 2 rings (SSSR count). The molecule has 1 unspecified atom stereocenters. The predicted octanol–water partition coefficient (Wildman–Crippen LogP) is 2.16. The number of hydrogen-bond acceptors (Lipinski definition) is 4. The van der Waals surface area contributed by atoms with Gasteiger partial charge in [0, 0.05) is 32.0 Å². The highest BCUT2D eigenvalue weighted by atomic mass is 16.3. The van der Waals surface area contributed by atoms with Crippen LogP contribution in [-0.4, -0.2) is 37.6 Å². The summed E-state index contributed by atoms with van der Waals surface area (Å²) in [5, 5.41) is 15.2. The normalized spacial score (nSPS) is 11.6. The molecule has 2 amide bonds. The first-order valence-electron chi connectivity index (χ1n) is 8.39. The minimum atomic E-state index is -0.885. The SMILES string of the molecule is Cc1ccc(NC(=O)C(=O)NCC(O)c2ccc(N(C)C)cc2)cc1C. The number of nitrogens with zero attached hydrogens (tertiary/aromatic N) is 1. The molecule has 0 aliphatic rings. The Bertz CT molecular complexity index is 785. The number of aliphatic hydroxyl groups excluding tert-OH is 1. The zero-order chi connectivity index (χ0) is 19.3. The van der Waals surface area contributed by atoms with Crippen LogP contribution in [0.4, 0.5) is 11.4 Å². The van der Waals surface area contributed by atoms with Crippen molar-refractivity contribution in [2.45, 2.75) is 20.0 Å². The average molecular weight is 355 g/mol. The Morgan fingerprint density at radius 1 is 1.00 bits per heavy atom. The number of rotatable bonds is 5. The second-order valence-corrected chi connectivity index (χ2v) is 6.46. The van der Waals surface area contributed by atoms with Gasteiger partial charge in [0.1, 0.15) is 0 Å². The first-order valence-corrected chi connectivity index (χ1v) is 8.39. The summed E-state index contributed by atoms with van der Waals surface area (Å²) in [5.41, 5.74) is 4.38. The van der Waals surface area contributed by atoms with Gasteiger partial charge in [-0.15, -0.1) is 0 Å². The third-order valence-corrected chi connectivity index (χ3v) is 4.22. The Morgan fingerprint density at radius 2 is 1.65 bits per heavy atom. The van der Waals surface area contributed by atoms with Gasteiger partial charge in [-0.05, 0) is 54.8 Å². The van der Waals surface area contributed by atoms with Crippen LogP contribution in [-0.2, 0) is 9.59 Å². The van der Waals surface area contributed by atoms with E-state index in [9.17, 15) is 14.7 Å². The van der Waals surface area contributed by atoms with Crippen molar-refractivity contribution >= 4 is 23.2 Å². The standard InChI is InChI=1S/C20H25N3O3/c1-13-5-8-16(11-14(13)2)22-20(26)19(25)21-12-18(24)15-6-9-17(10-7-15)23(3)4/h5-11,18,24H,12H2,1-4H3,(H,21,25)(H,22,26). The minimum Gasteiger partial charge on any atom is -0.387 e. The van der Waals surface area contributed by atoms with Crippen molar-refractivity contribution in [3.63, 3.8) is 0 Å². The molecule has 0 aliphatic heterocycles. The van der Waals surface area contributed by atoms with E-state index < -0.39 is 17.9 Å². The molecule has 2 aromatic carbocycles. The van der Waals surface area contributed by atoms with Gasteiger partial charge < -0.3 is 20.6 Å². The van der Waals surface area contributed by atoms with Crippen LogP contribution in [0.3, 0.4) is 0 Å². The van der Waals surface area contributed by atoms with Gasteiger partial charge in [0.25, 0.3) is 0 Å². The van der Waals surface area contributed by atoms with Crippen LogP contribution in [0.15, 0.2) is 42.5 Å². The first kappa shape index (κ1) is 19.5. The highest BCUT2D eigenvalue weighted by Crippen LogP contribution is 2.17. The Balaban J connectivity index is 1.88. The monoisotopic (exact) mass is 355 g/mol. The van der Waals surface area contributed by atoms with Gasteiger partial charge in [0.15, 0.2) is 0 Å². The summed E-state index contributed by atoms with van der Waals surface area (Å²) in [5.74, 6) is -1.55. The first-order chi connectivity index (χ1) is 12.3. The summed E-state index contributed by atoms with van der Waals surface area (Å²) in [4.78, 5) is 25.9. The van der Waals surface area contributed by atoms with Crippen LogP contribution in [0, 0.1) is 13.8 Å². The highest BCUT2D eigenvalue weighted by Gasteiger charge is 2.16. The maximum atomic E-state index is 12.0. The van der Waals surface area contributed by atoms with Crippen LogP contribution in [0.2, 0.25) is 0 Å². The third kappa shape index (κ3) is 5.07. The maximum absolute atomic E-state index is 12.0. The van der Waals surface area contributed by atoms with E-state index >= 15 is 0 Å². The second-order valence-electron chi connectivity index (χ2n) is 6.46. The maximum Gasteiger partial charge on any atom is 0.313 e. The number of aliphatic hydroxyl groups is 1. The number of hydrogen-bond donors (Lipinski definition) is 3. The Hall–Kier alpha value is -2.86. The molecule has 0 aliphatic carbocycles. The predicted molar refractivity (Wildman–Crippen MR) is 103 cm³/mol. The van der Waals surface area contributed by atoms with Gasteiger partial charge in [-0.25, -0.2) is 0 Å². The highest BCUT2D eigenvalue weighted by molar-refractivity contribution is 6.39. The van der Waals surface area contributed by atoms with Gasteiger partial charge in [0.05, 0.1) is 6.10 Å². The van der Waals surface area contributed by atoms with Crippen molar-refractivity contribution < 1.29 is 14.7 Å². The van der Waals surface area contributed by atoms with Crippen LogP contribution in [0.1, 0.15) is 22.8 Å². The molecule has 3 N–H and O–H groups in total. The van der Waals surface area contributed by atoms with Crippen molar-refractivity contribution in [1.82, 2.24) is 5.32 Å². The zero-order valence-electron chi connectivity index (χ0n) is 15.5. The fraction of sp³-hybridized carbons (Fsp3) is 0.300. The van der Waals surface area contributed by atoms with Gasteiger partial charge in [-0.1, -0.05) is 18.2 Å². The summed E-state index contributed by atoms with van der Waals surface area (Å²) in [6, 6.07) is 12.8. The van der Waals surface area contributed by atoms with Gasteiger partial charge >= 0.3 is 11.8 Å². The van der Waals surface area contributed by atoms with Crippen molar-refractivity contribution in [3.8, 4) is 0 Å². The molecule has 26 heavy (non-hydrogen) atoms. The number of nitrogens with one attached hydrogen (secondary N) is 2. The Morgan fingerprint density at radius 3 is 2.23 bits per heavy atom. The largest absolute Gasteiger partial charge is 0.387 e. The fourth-order valence-corrected chi connectivity index (χ4v) is 2.39. The molecule has 6 nitrogen and oxygen atoms in total. The van der Waals surface area contributed by atoms with Gasteiger partial charge in [0.2, 0.25) is 0 Å². The van der Waals surface area contributed by atoms with E-state index in [4.69, 9.17) is 0 Å².